The number of anilines is 1. The number of imidazole rings is 1. The van der Waals surface area contributed by atoms with Gasteiger partial charge in [0.1, 0.15) is 5.82 Å². The zero-order valence-electron chi connectivity index (χ0n) is 14.8. The third-order valence-corrected chi connectivity index (χ3v) is 4.20. The first-order chi connectivity index (χ1) is 12.0. The second-order valence-electron chi connectivity index (χ2n) is 6.16. The molecular formula is C17H22F3N5O. The fourth-order valence-corrected chi connectivity index (χ4v) is 2.49. The molecule has 2 aromatic rings. The Kier molecular flexibility index (Phi) is 5.60. The van der Waals surface area contributed by atoms with Crippen LogP contribution < -0.4 is 11.1 Å². The minimum atomic E-state index is -4.89. The SMILES string of the molecule is Cc1ccc(NC(N)=NCCC(O)(c2nccn2C)C(F)(F)F)cc1C. The summed E-state index contributed by atoms with van der Waals surface area (Å²) in [7, 11) is 1.39. The number of aromatic nitrogens is 2. The van der Waals surface area contributed by atoms with E-state index in [0.717, 1.165) is 15.7 Å². The Bertz CT molecular complexity index is 800. The van der Waals surface area contributed by atoms with Gasteiger partial charge < -0.3 is 20.7 Å². The van der Waals surface area contributed by atoms with Crippen LogP contribution in [-0.2, 0) is 12.6 Å². The molecule has 1 atom stereocenters. The number of hydrogen-bond acceptors (Lipinski definition) is 3. The lowest BCUT2D eigenvalue weighted by atomic mass is 9.98. The van der Waals surface area contributed by atoms with Gasteiger partial charge in [-0.05, 0) is 37.1 Å². The molecule has 1 aromatic carbocycles. The van der Waals surface area contributed by atoms with Crippen molar-refractivity contribution in [2.75, 3.05) is 11.9 Å². The molecule has 0 amide bonds. The fraction of sp³-hybridized carbons (Fsp3) is 0.412. The summed E-state index contributed by atoms with van der Waals surface area (Å²) in [6, 6.07) is 5.55. The monoisotopic (exact) mass is 369 g/mol. The van der Waals surface area contributed by atoms with E-state index in [2.05, 4.69) is 15.3 Å². The van der Waals surface area contributed by atoms with Crippen molar-refractivity contribution in [2.45, 2.75) is 32.0 Å². The Morgan fingerprint density at radius 3 is 2.54 bits per heavy atom. The summed E-state index contributed by atoms with van der Waals surface area (Å²) in [5.41, 5.74) is 5.47. The number of nitrogens with one attached hydrogen (secondary N) is 1. The van der Waals surface area contributed by atoms with Crippen LogP contribution in [0.2, 0.25) is 0 Å². The highest BCUT2D eigenvalue weighted by Gasteiger charge is 2.57. The van der Waals surface area contributed by atoms with Crippen LogP contribution in [0, 0.1) is 13.8 Å². The van der Waals surface area contributed by atoms with Gasteiger partial charge in [0.25, 0.3) is 0 Å². The van der Waals surface area contributed by atoms with Crippen molar-refractivity contribution in [3.05, 3.63) is 47.5 Å². The minimum absolute atomic E-state index is 0.0300. The van der Waals surface area contributed by atoms with Crippen LogP contribution in [0.15, 0.2) is 35.6 Å². The van der Waals surface area contributed by atoms with Crippen molar-refractivity contribution in [1.82, 2.24) is 9.55 Å². The molecule has 1 heterocycles. The number of rotatable bonds is 5. The summed E-state index contributed by atoms with van der Waals surface area (Å²) < 4.78 is 41.3. The predicted molar refractivity (Wildman–Crippen MR) is 93.8 cm³/mol. The molecule has 1 aromatic heterocycles. The fourth-order valence-electron chi connectivity index (χ4n) is 2.49. The van der Waals surface area contributed by atoms with E-state index >= 15 is 0 Å². The number of guanidine groups is 1. The normalized spacial score (nSPS) is 15.0. The van der Waals surface area contributed by atoms with E-state index in [0.29, 0.717) is 5.69 Å². The summed E-state index contributed by atoms with van der Waals surface area (Å²) >= 11 is 0. The number of hydrogen-bond donors (Lipinski definition) is 3. The maximum atomic E-state index is 13.4. The number of aliphatic imine (C=N–C) groups is 1. The van der Waals surface area contributed by atoms with E-state index in [4.69, 9.17) is 5.73 Å². The molecule has 0 aliphatic carbocycles. The van der Waals surface area contributed by atoms with Crippen molar-refractivity contribution in [2.24, 2.45) is 17.8 Å². The molecule has 9 heteroatoms. The van der Waals surface area contributed by atoms with Gasteiger partial charge in [0.15, 0.2) is 5.96 Å². The van der Waals surface area contributed by atoms with Gasteiger partial charge in [-0.2, -0.15) is 13.2 Å². The number of benzene rings is 1. The molecule has 0 saturated heterocycles. The second kappa shape index (κ2) is 7.36. The zero-order chi connectivity index (χ0) is 19.5. The van der Waals surface area contributed by atoms with Gasteiger partial charge in [-0.1, -0.05) is 6.07 Å². The summed E-state index contributed by atoms with van der Waals surface area (Å²) in [6.07, 6.45) is -3.05. The quantitative estimate of drug-likeness (QED) is 0.558. The van der Waals surface area contributed by atoms with Crippen LogP contribution in [0.1, 0.15) is 23.4 Å². The van der Waals surface area contributed by atoms with Gasteiger partial charge in [-0.25, -0.2) is 4.98 Å². The van der Waals surface area contributed by atoms with Crippen molar-refractivity contribution < 1.29 is 18.3 Å². The molecule has 0 bridgehead atoms. The highest BCUT2D eigenvalue weighted by Crippen LogP contribution is 2.40. The third-order valence-electron chi connectivity index (χ3n) is 4.20. The zero-order valence-corrected chi connectivity index (χ0v) is 14.8. The largest absolute Gasteiger partial charge is 0.424 e. The molecule has 0 fully saturated rings. The molecule has 6 nitrogen and oxygen atoms in total. The third kappa shape index (κ3) is 4.16. The first-order valence-electron chi connectivity index (χ1n) is 7.95. The summed E-state index contributed by atoms with van der Waals surface area (Å²) in [5.74, 6) is -0.515. The molecular weight excluding hydrogens is 347 g/mol. The molecule has 0 radical (unpaired) electrons. The van der Waals surface area contributed by atoms with E-state index in [1.54, 1.807) is 6.07 Å². The summed E-state index contributed by atoms with van der Waals surface area (Å²) in [6.45, 7) is 3.57. The number of halogens is 3. The van der Waals surface area contributed by atoms with Crippen LogP contribution in [0.3, 0.4) is 0 Å². The molecule has 26 heavy (non-hydrogen) atoms. The minimum Gasteiger partial charge on any atom is -0.374 e. The van der Waals surface area contributed by atoms with E-state index < -0.39 is 24.0 Å². The first-order valence-corrected chi connectivity index (χ1v) is 7.95. The van der Waals surface area contributed by atoms with Gasteiger partial charge in [-0.3, -0.25) is 4.99 Å². The van der Waals surface area contributed by atoms with Crippen LogP contribution in [0.4, 0.5) is 18.9 Å². The molecule has 0 saturated carbocycles. The van der Waals surface area contributed by atoms with E-state index in [1.807, 2.05) is 26.0 Å². The van der Waals surface area contributed by atoms with E-state index in [1.165, 1.54) is 19.4 Å². The number of aryl methyl sites for hydroxylation is 3. The topological polar surface area (TPSA) is 88.5 Å². The molecule has 0 aliphatic rings. The summed E-state index contributed by atoms with van der Waals surface area (Å²) in [4.78, 5) is 7.53. The lowest BCUT2D eigenvalue weighted by Crippen LogP contribution is -2.45. The van der Waals surface area contributed by atoms with E-state index in [9.17, 15) is 18.3 Å². The number of aliphatic hydroxyl groups is 1. The van der Waals surface area contributed by atoms with Crippen molar-refractivity contribution in [3.8, 4) is 0 Å². The van der Waals surface area contributed by atoms with Crippen molar-refractivity contribution >= 4 is 11.6 Å². The lowest BCUT2D eigenvalue weighted by Gasteiger charge is -2.29. The van der Waals surface area contributed by atoms with E-state index in [-0.39, 0.29) is 12.5 Å². The maximum absolute atomic E-state index is 13.4. The maximum Gasteiger partial charge on any atom is 0.424 e. The standard InChI is InChI=1S/C17H22F3N5O/c1-11-4-5-13(10-12(11)2)24-15(21)23-7-6-16(26,17(18,19)20)14-22-8-9-25(14)3/h4-5,8-10,26H,6-7H2,1-3H3,(H3,21,23,24). The van der Waals surface area contributed by atoms with Crippen LogP contribution in [0.5, 0.6) is 0 Å². The Labute approximate surface area is 149 Å². The lowest BCUT2D eigenvalue weighted by molar-refractivity contribution is -0.272. The highest BCUT2D eigenvalue weighted by molar-refractivity contribution is 5.92. The van der Waals surface area contributed by atoms with Crippen LogP contribution in [0.25, 0.3) is 0 Å². The van der Waals surface area contributed by atoms with Crippen LogP contribution >= 0.6 is 0 Å². The molecule has 0 spiro atoms. The van der Waals surface area contributed by atoms with Gasteiger partial charge >= 0.3 is 6.18 Å². The second-order valence-corrected chi connectivity index (χ2v) is 6.16. The Morgan fingerprint density at radius 1 is 1.31 bits per heavy atom. The molecule has 142 valence electrons. The van der Waals surface area contributed by atoms with Crippen molar-refractivity contribution in [1.29, 1.82) is 0 Å². The average Bonchev–Trinajstić information content (AvgIpc) is 2.96. The smallest absolute Gasteiger partial charge is 0.374 e. The van der Waals surface area contributed by atoms with Crippen LogP contribution in [-0.4, -0.2) is 33.3 Å². The number of nitrogens with zero attached hydrogens (tertiary/aromatic N) is 3. The first kappa shape index (κ1) is 19.8. The summed E-state index contributed by atoms with van der Waals surface area (Å²) in [5, 5.41) is 13.0. The van der Waals surface area contributed by atoms with Gasteiger partial charge in [-0.15, -0.1) is 0 Å². The Morgan fingerprint density at radius 2 is 2.00 bits per heavy atom. The average molecular weight is 369 g/mol. The van der Waals surface area contributed by atoms with Crippen molar-refractivity contribution in [3.63, 3.8) is 0 Å². The van der Waals surface area contributed by atoms with Gasteiger partial charge in [0.05, 0.1) is 0 Å². The molecule has 4 N–H and O–H groups in total. The molecule has 2 rings (SSSR count). The molecule has 0 aliphatic heterocycles. The highest BCUT2D eigenvalue weighted by atomic mass is 19.4. The molecule has 1 unspecified atom stereocenters. The number of nitrogens with two attached hydrogens (primary N) is 1. The Balaban J connectivity index is 2.10. The predicted octanol–water partition coefficient (Wildman–Crippen LogP) is 2.60. The Hall–Kier alpha value is -2.55. The number of alkyl halides is 3. The van der Waals surface area contributed by atoms with Gasteiger partial charge in [0.2, 0.25) is 5.60 Å². The van der Waals surface area contributed by atoms with Gasteiger partial charge in [0, 0.05) is 38.1 Å².